The molecule has 0 saturated carbocycles. The molecule has 0 unspecified atom stereocenters. The summed E-state index contributed by atoms with van der Waals surface area (Å²) in [6, 6.07) is 6.55. The molecule has 7 heteroatoms. The van der Waals surface area contributed by atoms with E-state index >= 15 is 0 Å². The van der Waals surface area contributed by atoms with E-state index in [2.05, 4.69) is 15.4 Å². The number of carbonyl (C=O) groups is 1. The number of hydrogen-bond acceptors (Lipinski definition) is 4. The molecule has 1 atom stereocenters. The second kappa shape index (κ2) is 6.84. The van der Waals surface area contributed by atoms with Crippen molar-refractivity contribution in [3.63, 3.8) is 0 Å². The number of hydrogen-bond donors (Lipinski definition) is 1. The molecule has 2 aliphatic rings. The van der Waals surface area contributed by atoms with Gasteiger partial charge in [-0.15, -0.1) is 0 Å². The van der Waals surface area contributed by atoms with E-state index in [9.17, 15) is 9.18 Å². The Balaban J connectivity index is 1.31. The summed E-state index contributed by atoms with van der Waals surface area (Å²) < 4.78 is 18.3. The zero-order chi connectivity index (χ0) is 17.2. The molecule has 1 aliphatic heterocycles. The fourth-order valence-electron chi connectivity index (χ4n) is 3.62. The summed E-state index contributed by atoms with van der Waals surface area (Å²) in [7, 11) is 0. The summed E-state index contributed by atoms with van der Waals surface area (Å²) in [4.78, 5) is 16.6. The molecule has 1 N–H and O–H groups in total. The SMILES string of the molecule is O=C(N[C@@H]1CCc2ccc(F)cc21)N1CCN(Cc2ccon2)CC1. The second-order valence-corrected chi connectivity index (χ2v) is 6.64. The third-order valence-electron chi connectivity index (χ3n) is 5.02. The van der Waals surface area contributed by atoms with Gasteiger partial charge in [0.25, 0.3) is 0 Å². The summed E-state index contributed by atoms with van der Waals surface area (Å²) in [5, 5.41) is 6.99. The highest BCUT2D eigenvalue weighted by Gasteiger charge is 2.28. The van der Waals surface area contributed by atoms with Gasteiger partial charge in [0.05, 0.1) is 11.7 Å². The smallest absolute Gasteiger partial charge is 0.317 e. The number of halogens is 1. The third-order valence-corrected chi connectivity index (χ3v) is 5.02. The number of rotatable bonds is 3. The van der Waals surface area contributed by atoms with E-state index in [0.717, 1.165) is 49.3 Å². The van der Waals surface area contributed by atoms with E-state index in [4.69, 9.17) is 4.52 Å². The zero-order valence-corrected chi connectivity index (χ0v) is 13.9. The zero-order valence-electron chi connectivity index (χ0n) is 13.9. The Morgan fingerprint density at radius 1 is 1.28 bits per heavy atom. The maximum absolute atomic E-state index is 13.5. The molecule has 25 heavy (non-hydrogen) atoms. The minimum Gasteiger partial charge on any atom is -0.364 e. The number of fused-ring (bicyclic) bond motifs is 1. The molecule has 2 heterocycles. The van der Waals surface area contributed by atoms with Crippen molar-refractivity contribution in [1.29, 1.82) is 0 Å². The highest BCUT2D eigenvalue weighted by atomic mass is 19.1. The average molecular weight is 344 g/mol. The van der Waals surface area contributed by atoms with Crippen LogP contribution < -0.4 is 5.32 Å². The van der Waals surface area contributed by atoms with Crippen LogP contribution in [-0.2, 0) is 13.0 Å². The Labute approximate surface area is 145 Å². The van der Waals surface area contributed by atoms with Crippen molar-refractivity contribution in [2.75, 3.05) is 26.2 Å². The Hall–Kier alpha value is -2.41. The van der Waals surface area contributed by atoms with Crippen LogP contribution in [0.5, 0.6) is 0 Å². The number of aryl methyl sites for hydroxylation is 1. The number of aromatic nitrogens is 1. The minimum absolute atomic E-state index is 0.0665. The molecule has 132 valence electrons. The third kappa shape index (κ3) is 3.51. The Bertz CT molecular complexity index is 742. The van der Waals surface area contributed by atoms with Gasteiger partial charge >= 0.3 is 6.03 Å². The first-order valence-corrected chi connectivity index (χ1v) is 8.64. The molecule has 0 radical (unpaired) electrons. The molecule has 1 fully saturated rings. The number of piperazine rings is 1. The fraction of sp³-hybridized carbons (Fsp3) is 0.444. The maximum Gasteiger partial charge on any atom is 0.317 e. The summed E-state index contributed by atoms with van der Waals surface area (Å²) >= 11 is 0. The van der Waals surface area contributed by atoms with Crippen molar-refractivity contribution in [1.82, 2.24) is 20.3 Å². The molecule has 2 aromatic rings. The first-order chi connectivity index (χ1) is 12.2. The van der Waals surface area contributed by atoms with Crippen LogP contribution in [0, 0.1) is 5.82 Å². The number of nitrogens with zero attached hydrogens (tertiary/aromatic N) is 3. The summed E-state index contributed by atoms with van der Waals surface area (Å²) in [6.07, 6.45) is 3.28. The predicted molar refractivity (Wildman–Crippen MR) is 89.3 cm³/mol. The van der Waals surface area contributed by atoms with Gasteiger partial charge in [0.1, 0.15) is 12.1 Å². The fourth-order valence-corrected chi connectivity index (χ4v) is 3.62. The molecule has 4 rings (SSSR count). The lowest BCUT2D eigenvalue weighted by atomic mass is 10.1. The Morgan fingerprint density at radius 3 is 2.88 bits per heavy atom. The lowest BCUT2D eigenvalue weighted by Gasteiger charge is -2.34. The molecule has 1 aromatic carbocycles. The highest BCUT2D eigenvalue weighted by Crippen LogP contribution is 2.31. The van der Waals surface area contributed by atoms with Crippen LogP contribution in [0.1, 0.15) is 29.3 Å². The Morgan fingerprint density at radius 2 is 2.12 bits per heavy atom. The van der Waals surface area contributed by atoms with Gasteiger partial charge in [-0.1, -0.05) is 11.2 Å². The normalized spacial score (nSPS) is 20.5. The van der Waals surface area contributed by atoms with Gasteiger partial charge in [0.15, 0.2) is 0 Å². The minimum atomic E-state index is -0.249. The van der Waals surface area contributed by atoms with Crippen molar-refractivity contribution < 1.29 is 13.7 Å². The largest absolute Gasteiger partial charge is 0.364 e. The molecular weight excluding hydrogens is 323 g/mol. The van der Waals surface area contributed by atoms with Crippen molar-refractivity contribution in [2.45, 2.75) is 25.4 Å². The lowest BCUT2D eigenvalue weighted by Crippen LogP contribution is -2.51. The van der Waals surface area contributed by atoms with Crippen molar-refractivity contribution in [3.05, 3.63) is 53.2 Å². The van der Waals surface area contributed by atoms with E-state index < -0.39 is 0 Å². The van der Waals surface area contributed by atoms with Crippen LogP contribution in [0.4, 0.5) is 9.18 Å². The molecule has 2 amide bonds. The van der Waals surface area contributed by atoms with Gasteiger partial charge < -0.3 is 14.7 Å². The number of carbonyl (C=O) groups excluding carboxylic acids is 1. The van der Waals surface area contributed by atoms with Crippen LogP contribution >= 0.6 is 0 Å². The monoisotopic (exact) mass is 344 g/mol. The van der Waals surface area contributed by atoms with E-state index in [1.54, 1.807) is 12.3 Å². The summed E-state index contributed by atoms with van der Waals surface area (Å²) in [6.45, 7) is 3.69. The summed E-state index contributed by atoms with van der Waals surface area (Å²) in [5.41, 5.74) is 2.95. The summed E-state index contributed by atoms with van der Waals surface area (Å²) in [5.74, 6) is -0.249. The molecule has 1 aromatic heterocycles. The molecule has 1 aliphatic carbocycles. The topological polar surface area (TPSA) is 61.6 Å². The van der Waals surface area contributed by atoms with Gasteiger partial charge in [-0.05, 0) is 36.1 Å². The highest BCUT2D eigenvalue weighted by molar-refractivity contribution is 5.75. The standard InChI is InChI=1S/C18H21FN4O2/c19-14-3-1-13-2-4-17(16(13)11-14)20-18(24)23-8-6-22(7-9-23)12-15-5-10-25-21-15/h1,3,5,10-11,17H,2,4,6-9,12H2,(H,20,24)/t17-/m1/s1. The van der Waals surface area contributed by atoms with Crippen LogP contribution in [0.15, 0.2) is 35.1 Å². The number of benzene rings is 1. The van der Waals surface area contributed by atoms with E-state index in [0.29, 0.717) is 13.1 Å². The van der Waals surface area contributed by atoms with Crippen LogP contribution in [-0.4, -0.2) is 47.2 Å². The van der Waals surface area contributed by atoms with Crippen molar-refractivity contribution >= 4 is 6.03 Å². The predicted octanol–water partition coefficient (Wildman–Crippen LogP) is 2.33. The second-order valence-electron chi connectivity index (χ2n) is 6.64. The molecule has 0 spiro atoms. The van der Waals surface area contributed by atoms with E-state index in [-0.39, 0.29) is 17.9 Å². The van der Waals surface area contributed by atoms with Crippen molar-refractivity contribution in [3.8, 4) is 0 Å². The van der Waals surface area contributed by atoms with Crippen LogP contribution in [0.25, 0.3) is 0 Å². The maximum atomic E-state index is 13.5. The van der Waals surface area contributed by atoms with Crippen molar-refractivity contribution in [2.24, 2.45) is 0 Å². The lowest BCUT2D eigenvalue weighted by molar-refractivity contribution is 0.131. The molecular formula is C18H21FN4O2. The van der Waals surface area contributed by atoms with Gasteiger partial charge in [-0.2, -0.15) is 0 Å². The average Bonchev–Trinajstić information content (AvgIpc) is 3.26. The quantitative estimate of drug-likeness (QED) is 0.928. The van der Waals surface area contributed by atoms with Gasteiger partial charge in [0, 0.05) is 38.8 Å². The van der Waals surface area contributed by atoms with Gasteiger partial charge in [-0.3, -0.25) is 4.90 Å². The molecule has 0 bridgehead atoms. The Kier molecular flexibility index (Phi) is 4.40. The molecule has 1 saturated heterocycles. The molecule has 6 nitrogen and oxygen atoms in total. The van der Waals surface area contributed by atoms with Gasteiger partial charge in [-0.25, -0.2) is 9.18 Å². The number of amides is 2. The van der Waals surface area contributed by atoms with Gasteiger partial charge in [0.2, 0.25) is 0 Å². The number of urea groups is 1. The van der Waals surface area contributed by atoms with Crippen LogP contribution in [0.2, 0.25) is 0 Å². The first-order valence-electron chi connectivity index (χ1n) is 8.64. The number of nitrogens with one attached hydrogen (secondary N) is 1. The van der Waals surface area contributed by atoms with Crippen LogP contribution in [0.3, 0.4) is 0 Å². The van der Waals surface area contributed by atoms with E-state index in [1.807, 2.05) is 17.0 Å². The first kappa shape index (κ1) is 16.1. The van der Waals surface area contributed by atoms with E-state index in [1.165, 1.54) is 6.07 Å².